The summed E-state index contributed by atoms with van der Waals surface area (Å²) in [6, 6.07) is 2.59. The molecule has 1 fully saturated rings. The van der Waals surface area contributed by atoms with E-state index in [0.717, 1.165) is 30.5 Å². The Balaban J connectivity index is 2.11. The van der Waals surface area contributed by atoms with E-state index in [9.17, 15) is 14.9 Å². The molecule has 0 atom stereocenters. The first-order valence-corrected chi connectivity index (χ1v) is 10.3. The van der Waals surface area contributed by atoms with Crippen LogP contribution in [-0.2, 0) is 9.59 Å². The van der Waals surface area contributed by atoms with Gasteiger partial charge in [0.2, 0.25) is 11.8 Å². The standard InChI is InChI=1S/C21H33N5O2/c1-5-11-23-19(27)13-25(4)14-20(28)24-21-18(12-22)15(2)16(3)26(21)17-9-7-6-8-10-17/h17H,5-11,13-14H2,1-4H3,(H,23,27)(H,24,28). The Morgan fingerprint density at radius 3 is 2.43 bits per heavy atom. The van der Waals surface area contributed by atoms with Crippen LogP contribution in [0.25, 0.3) is 0 Å². The van der Waals surface area contributed by atoms with E-state index < -0.39 is 0 Å². The lowest BCUT2D eigenvalue weighted by Gasteiger charge is -2.27. The molecule has 0 bridgehead atoms. The van der Waals surface area contributed by atoms with Crippen molar-refractivity contribution in [3.8, 4) is 6.07 Å². The summed E-state index contributed by atoms with van der Waals surface area (Å²) < 4.78 is 2.15. The molecular formula is C21H33N5O2. The molecule has 7 nitrogen and oxygen atoms in total. The predicted octanol–water partition coefficient (Wildman–Crippen LogP) is 2.88. The van der Waals surface area contributed by atoms with Crippen molar-refractivity contribution < 1.29 is 9.59 Å². The number of hydrogen-bond acceptors (Lipinski definition) is 4. The highest BCUT2D eigenvalue weighted by Gasteiger charge is 2.26. The van der Waals surface area contributed by atoms with Gasteiger partial charge in [-0.25, -0.2) is 0 Å². The molecule has 0 aromatic carbocycles. The third-order valence-electron chi connectivity index (χ3n) is 5.47. The van der Waals surface area contributed by atoms with E-state index in [1.54, 1.807) is 11.9 Å². The van der Waals surface area contributed by atoms with Crippen LogP contribution in [0.3, 0.4) is 0 Å². The van der Waals surface area contributed by atoms with Gasteiger partial charge in [0.05, 0.1) is 18.7 Å². The van der Waals surface area contributed by atoms with Gasteiger partial charge in [-0.1, -0.05) is 26.2 Å². The first kappa shape index (κ1) is 22.0. The number of carbonyl (C=O) groups is 2. The van der Waals surface area contributed by atoms with E-state index in [2.05, 4.69) is 21.3 Å². The molecule has 1 aliphatic rings. The van der Waals surface area contributed by atoms with Gasteiger partial charge in [-0.2, -0.15) is 5.26 Å². The smallest absolute Gasteiger partial charge is 0.239 e. The normalized spacial score (nSPS) is 14.7. The van der Waals surface area contributed by atoms with E-state index >= 15 is 0 Å². The Hall–Kier alpha value is -2.33. The summed E-state index contributed by atoms with van der Waals surface area (Å²) >= 11 is 0. The van der Waals surface area contributed by atoms with Gasteiger partial charge in [0.1, 0.15) is 11.9 Å². The summed E-state index contributed by atoms with van der Waals surface area (Å²) in [5.41, 5.74) is 2.52. The number of rotatable bonds is 8. The van der Waals surface area contributed by atoms with Gasteiger partial charge in [0.15, 0.2) is 0 Å². The van der Waals surface area contributed by atoms with Crippen molar-refractivity contribution in [3.63, 3.8) is 0 Å². The molecular weight excluding hydrogens is 354 g/mol. The molecule has 0 unspecified atom stereocenters. The van der Waals surface area contributed by atoms with Gasteiger partial charge in [-0.3, -0.25) is 14.5 Å². The Kier molecular flexibility index (Phi) is 8.06. The van der Waals surface area contributed by atoms with Crippen LogP contribution in [0.2, 0.25) is 0 Å². The lowest BCUT2D eigenvalue weighted by molar-refractivity contribution is -0.122. The van der Waals surface area contributed by atoms with Crippen LogP contribution < -0.4 is 10.6 Å². The third kappa shape index (κ3) is 5.35. The largest absolute Gasteiger partial charge is 0.355 e. The minimum Gasteiger partial charge on any atom is -0.355 e. The first-order valence-electron chi connectivity index (χ1n) is 10.3. The van der Waals surface area contributed by atoms with Crippen LogP contribution in [0.4, 0.5) is 5.82 Å². The van der Waals surface area contributed by atoms with Gasteiger partial charge >= 0.3 is 0 Å². The Bertz CT molecular complexity index is 741. The fraction of sp³-hybridized carbons (Fsp3) is 0.667. The van der Waals surface area contributed by atoms with E-state index in [4.69, 9.17) is 0 Å². The zero-order chi connectivity index (χ0) is 20.7. The highest BCUT2D eigenvalue weighted by molar-refractivity contribution is 5.93. The van der Waals surface area contributed by atoms with Crippen molar-refractivity contribution >= 4 is 17.6 Å². The molecule has 2 rings (SSSR count). The molecule has 1 aliphatic carbocycles. The van der Waals surface area contributed by atoms with Crippen LogP contribution in [0.15, 0.2) is 0 Å². The molecule has 1 aromatic heterocycles. The molecule has 1 saturated carbocycles. The number of carbonyl (C=O) groups excluding carboxylic acids is 2. The number of nitrogens with one attached hydrogen (secondary N) is 2. The number of nitriles is 1. The molecule has 2 amide bonds. The van der Waals surface area contributed by atoms with Gasteiger partial charge in [0, 0.05) is 18.3 Å². The van der Waals surface area contributed by atoms with Crippen molar-refractivity contribution in [2.75, 3.05) is 32.0 Å². The summed E-state index contributed by atoms with van der Waals surface area (Å²) in [5, 5.41) is 15.4. The van der Waals surface area contributed by atoms with Crippen molar-refractivity contribution in [1.82, 2.24) is 14.8 Å². The summed E-state index contributed by atoms with van der Waals surface area (Å²) in [6.07, 6.45) is 6.61. The average molecular weight is 388 g/mol. The number of amides is 2. The van der Waals surface area contributed by atoms with Crippen molar-refractivity contribution in [2.45, 2.75) is 65.3 Å². The van der Waals surface area contributed by atoms with Gasteiger partial charge < -0.3 is 15.2 Å². The fourth-order valence-corrected chi connectivity index (χ4v) is 3.92. The van der Waals surface area contributed by atoms with Crippen LogP contribution in [0.1, 0.15) is 68.3 Å². The summed E-state index contributed by atoms with van der Waals surface area (Å²) in [4.78, 5) is 26.1. The molecule has 0 spiro atoms. The van der Waals surface area contributed by atoms with Gasteiger partial charge in [0.25, 0.3) is 0 Å². The van der Waals surface area contributed by atoms with E-state index in [0.29, 0.717) is 24.0 Å². The number of aromatic nitrogens is 1. The summed E-state index contributed by atoms with van der Waals surface area (Å²) in [7, 11) is 1.74. The predicted molar refractivity (Wildman–Crippen MR) is 110 cm³/mol. The lowest BCUT2D eigenvalue weighted by atomic mass is 9.95. The monoisotopic (exact) mass is 387 g/mol. The van der Waals surface area contributed by atoms with Crippen LogP contribution in [-0.4, -0.2) is 48.0 Å². The molecule has 0 aliphatic heterocycles. The van der Waals surface area contributed by atoms with Crippen LogP contribution >= 0.6 is 0 Å². The molecule has 0 radical (unpaired) electrons. The van der Waals surface area contributed by atoms with Crippen LogP contribution in [0.5, 0.6) is 0 Å². The number of anilines is 1. The minimum atomic E-state index is -0.211. The first-order chi connectivity index (χ1) is 13.4. The number of likely N-dealkylation sites (N-methyl/N-ethyl adjacent to an activating group) is 1. The Labute approximate surface area is 168 Å². The Morgan fingerprint density at radius 2 is 1.82 bits per heavy atom. The third-order valence-corrected chi connectivity index (χ3v) is 5.47. The van der Waals surface area contributed by atoms with Crippen LogP contribution in [0, 0.1) is 25.2 Å². The zero-order valence-electron chi connectivity index (χ0n) is 17.6. The fourth-order valence-electron chi connectivity index (χ4n) is 3.92. The average Bonchev–Trinajstić information content (AvgIpc) is 2.90. The number of nitrogens with zero attached hydrogens (tertiary/aromatic N) is 3. The highest BCUT2D eigenvalue weighted by Crippen LogP contribution is 2.36. The maximum atomic E-state index is 12.6. The highest BCUT2D eigenvalue weighted by atomic mass is 16.2. The molecule has 1 heterocycles. The van der Waals surface area contributed by atoms with Crippen molar-refractivity contribution in [3.05, 3.63) is 16.8 Å². The Morgan fingerprint density at radius 1 is 1.18 bits per heavy atom. The molecule has 7 heteroatoms. The second-order valence-electron chi connectivity index (χ2n) is 7.78. The van der Waals surface area contributed by atoms with E-state index in [1.807, 2.05) is 20.8 Å². The summed E-state index contributed by atoms with van der Waals surface area (Å²) in [6.45, 7) is 6.85. The SMILES string of the molecule is CCCNC(=O)CN(C)CC(=O)Nc1c(C#N)c(C)c(C)n1C1CCCCC1. The molecule has 2 N–H and O–H groups in total. The molecule has 28 heavy (non-hydrogen) atoms. The van der Waals surface area contributed by atoms with E-state index in [-0.39, 0.29) is 24.9 Å². The maximum Gasteiger partial charge on any atom is 0.239 e. The van der Waals surface area contributed by atoms with Crippen molar-refractivity contribution in [2.24, 2.45) is 0 Å². The van der Waals surface area contributed by atoms with Gasteiger partial charge in [-0.15, -0.1) is 0 Å². The van der Waals surface area contributed by atoms with E-state index in [1.165, 1.54) is 19.3 Å². The lowest BCUT2D eigenvalue weighted by Crippen LogP contribution is -2.39. The number of hydrogen-bond donors (Lipinski definition) is 2. The zero-order valence-corrected chi connectivity index (χ0v) is 17.6. The molecule has 1 aromatic rings. The van der Waals surface area contributed by atoms with Gasteiger partial charge in [-0.05, 0) is 45.7 Å². The maximum absolute atomic E-state index is 12.6. The quantitative estimate of drug-likeness (QED) is 0.718. The molecule has 154 valence electrons. The second-order valence-corrected chi connectivity index (χ2v) is 7.78. The van der Waals surface area contributed by atoms with Crippen molar-refractivity contribution in [1.29, 1.82) is 5.26 Å². The topological polar surface area (TPSA) is 90.2 Å². The minimum absolute atomic E-state index is 0.0906. The summed E-state index contributed by atoms with van der Waals surface area (Å²) in [5.74, 6) is 0.308. The molecule has 0 saturated heterocycles. The second kappa shape index (κ2) is 10.3.